The minimum Gasteiger partial charge on any atom is -0.394 e. The average molecular weight is 967 g/mol. The van der Waals surface area contributed by atoms with E-state index in [1.54, 1.807) is 39.8 Å². The van der Waals surface area contributed by atoms with E-state index in [1.807, 2.05) is 0 Å². The van der Waals surface area contributed by atoms with Crippen LogP contribution < -0.4 is 21.8 Å². The summed E-state index contributed by atoms with van der Waals surface area (Å²) in [6.07, 6.45) is -9.64. The Kier molecular flexibility index (Phi) is 15.8. The molecule has 2 amide bonds. The first kappa shape index (κ1) is 49.8. The number of ether oxygens (including phenoxy) is 2. The van der Waals surface area contributed by atoms with E-state index < -0.39 is 138 Å². The van der Waals surface area contributed by atoms with Gasteiger partial charge in [0.25, 0.3) is 11.1 Å². The molecule has 0 bridgehead atoms. The number of carbonyl (C=O) groups is 2. The largest absolute Gasteiger partial charge is 0.394 e. The number of hydrogen-bond acceptors (Lipinski definition) is 19. The molecule has 66 heavy (non-hydrogen) atoms. The number of nitriles is 2. The molecule has 6 unspecified atom stereocenters. The Balaban J connectivity index is 1.38. The van der Waals surface area contributed by atoms with Crippen LogP contribution in [0.5, 0.6) is 0 Å². The van der Waals surface area contributed by atoms with Crippen molar-refractivity contribution in [2.24, 2.45) is 11.8 Å². The number of imidazole rings is 2. The van der Waals surface area contributed by atoms with Crippen LogP contribution in [0, 0.1) is 34.5 Å². The van der Waals surface area contributed by atoms with E-state index in [1.165, 1.54) is 6.08 Å². The molecule has 0 aromatic carbocycles. The fraction of sp³-hybridized carbons (Fsp3) is 0.568. The number of nitrogens with one attached hydrogen (secondary N) is 4. The number of aromatic nitrogens is 8. The molecular weight excluding hydrogens is 920 g/mol. The Labute approximate surface area is 372 Å². The fourth-order valence-electron chi connectivity index (χ4n) is 6.95. The SMILES string of the molecule is C=CCOP(=O)(OCCC#N)[C@@H]1C(COP(=O)(OCCC#N)[C@@H]2C(CO)OC(n3cnc4c(=O)[nH]c(NC(=O)C(C)C)nc43)[C@@H]2F)OC(n2cnc3c(=O)[nH]c(NC(=O)C(C)C)nc32)[C@@H]1F. The Hall–Kier alpha value is -5.60. The molecule has 0 radical (unpaired) electrons. The summed E-state index contributed by atoms with van der Waals surface area (Å²) in [5, 5.41) is 33.9. The van der Waals surface area contributed by atoms with E-state index in [9.17, 15) is 39.4 Å². The summed E-state index contributed by atoms with van der Waals surface area (Å²) < 4.78 is 101. The molecule has 29 heteroatoms. The lowest BCUT2D eigenvalue weighted by molar-refractivity contribution is -0.119. The highest BCUT2D eigenvalue weighted by Gasteiger charge is 2.60. The molecule has 6 rings (SSSR count). The van der Waals surface area contributed by atoms with Gasteiger partial charge in [-0.1, -0.05) is 33.8 Å². The zero-order chi connectivity index (χ0) is 48.1. The predicted octanol–water partition coefficient (Wildman–Crippen LogP) is 3.11. The molecule has 2 aliphatic rings. The molecule has 0 saturated carbocycles. The summed E-state index contributed by atoms with van der Waals surface area (Å²) in [6.45, 7) is 6.22. The van der Waals surface area contributed by atoms with Crippen LogP contribution in [0.1, 0.15) is 53.0 Å². The van der Waals surface area contributed by atoms with Gasteiger partial charge in [-0.25, -0.2) is 18.7 Å². The number of hydrogen-bond donors (Lipinski definition) is 5. The molecule has 4 aromatic rings. The van der Waals surface area contributed by atoms with Crippen molar-refractivity contribution in [3.05, 3.63) is 46.0 Å². The number of amides is 2. The van der Waals surface area contributed by atoms with Gasteiger partial charge in [0.2, 0.25) is 23.7 Å². The summed E-state index contributed by atoms with van der Waals surface area (Å²) in [5.41, 5.74) is -6.88. The smallest absolute Gasteiger partial charge is 0.339 e. The van der Waals surface area contributed by atoms with Gasteiger partial charge >= 0.3 is 15.2 Å². The number of anilines is 2. The molecule has 25 nitrogen and oxygen atoms in total. The monoisotopic (exact) mass is 966 g/mol. The van der Waals surface area contributed by atoms with Crippen LogP contribution in [0.25, 0.3) is 22.3 Å². The summed E-state index contributed by atoms with van der Waals surface area (Å²) in [4.78, 5) is 72.0. The summed E-state index contributed by atoms with van der Waals surface area (Å²) in [7, 11) is -9.86. The number of nitrogens with zero attached hydrogens (tertiary/aromatic N) is 8. The molecule has 6 heterocycles. The summed E-state index contributed by atoms with van der Waals surface area (Å²) in [6, 6.07) is 3.59. The fourth-order valence-corrected chi connectivity index (χ4v) is 11.3. The van der Waals surface area contributed by atoms with Crippen molar-refractivity contribution in [2.45, 2.75) is 88.9 Å². The Bertz CT molecular complexity index is 2750. The first-order chi connectivity index (χ1) is 31.4. The van der Waals surface area contributed by atoms with Crippen molar-refractivity contribution in [1.82, 2.24) is 39.0 Å². The van der Waals surface area contributed by atoms with Gasteiger partial charge < -0.3 is 32.7 Å². The molecule has 10 atom stereocenters. The maximum absolute atomic E-state index is 17.2. The van der Waals surface area contributed by atoms with E-state index >= 15 is 13.3 Å². The van der Waals surface area contributed by atoms with Crippen LogP contribution in [-0.4, -0.2) is 125 Å². The lowest BCUT2D eigenvalue weighted by atomic mass is 10.2. The number of fused-ring (bicyclic) bond motifs is 2. The van der Waals surface area contributed by atoms with Gasteiger partial charge in [-0.3, -0.25) is 58.0 Å². The Morgan fingerprint density at radius 3 is 1.70 bits per heavy atom. The quantitative estimate of drug-likeness (QED) is 0.0455. The maximum atomic E-state index is 17.2. The van der Waals surface area contributed by atoms with Crippen molar-refractivity contribution in [3.63, 3.8) is 0 Å². The summed E-state index contributed by atoms with van der Waals surface area (Å²) in [5.74, 6) is -2.73. The molecule has 0 spiro atoms. The standard InChI is InChI=1S/C37H46F2N12O13P2/c1-6-11-59-65(57,60-12-7-9-40)27-21(64-35(23(27)39)51-17-43-25-29(51)45-37(49-33(25)56)47-31(54)19(4)5)15-62-66(58,61-13-8-10-41)26-20(14-52)63-34(22(26)38)50-16-42-24-28(50)44-36(48-32(24)55)46-30(53)18(2)3/h6,16-23,26-27,34-35,52H,1,7-8,11-15H2,2-5H3,(H2,44,46,48,53,55)(H2,45,47,49,54,56)/t20?,21?,22-,23-,26-,27-,34?,35?,65?,66?/m1/s1. The number of halogens is 2. The molecule has 2 aliphatic heterocycles. The third kappa shape index (κ3) is 10.2. The minimum atomic E-state index is -5.07. The van der Waals surface area contributed by atoms with Gasteiger partial charge in [-0.05, 0) is 0 Å². The van der Waals surface area contributed by atoms with E-state index in [0.29, 0.717) is 0 Å². The Morgan fingerprint density at radius 1 is 0.833 bits per heavy atom. The van der Waals surface area contributed by atoms with Crippen LogP contribution in [-0.2, 0) is 46.3 Å². The van der Waals surface area contributed by atoms with E-state index in [2.05, 4.69) is 47.1 Å². The number of carbonyl (C=O) groups excluding carboxylic acids is 2. The highest BCUT2D eigenvalue weighted by Crippen LogP contribution is 2.64. The highest BCUT2D eigenvalue weighted by molar-refractivity contribution is 7.55. The average Bonchev–Trinajstić information content (AvgIpc) is 4.05. The third-order valence-corrected chi connectivity index (χ3v) is 15.0. The van der Waals surface area contributed by atoms with Gasteiger partial charge in [-0.15, -0.1) is 6.58 Å². The maximum Gasteiger partial charge on any atom is 0.339 e. The second kappa shape index (κ2) is 20.9. The Morgan fingerprint density at radius 2 is 1.27 bits per heavy atom. The number of aromatic amines is 2. The first-order valence-electron chi connectivity index (χ1n) is 20.3. The number of rotatable bonds is 21. The van der Waals surface area contributed by atoms with Crippen LogP contribution in [0.3, 0.4) is 0 Å². The molecule has 5 N–H and O–H groups in total. The highest BCUT2D eigenvalue weighted by atomic mass is 31.2. The number of aliphatic hydroxyl groups is 1. The van der Waals surface area contributed by atoms with Crippen molar-refractivity contribution in [2.75, 3.05) is 43.7 Å². The van der Waals surface area contributed by atoms with Gasteiger partial charge in [0.15, 0.2) is 47.1 Å². The predicted molar refractivity (Wildman–Crippen MR) is 225 cm³/mol. The van der Waals surface area contributed by atoms with E-state index in [-0.39, 0.29) is 40.6 Å². The second-order valence-corrected chi connectivity index (χ2v) is 19.8. The second-order valence-electron chi connectivity index (χ2n) is 15.4. The molecule has 2 saturated heterocycles. The summed E-state index contributed by atoms with van der Waals surface area (Å²) >= 11 is 0. The van der Waals surface area contributed by atoms with Gasteiger partial charge in [0.05, 0.1) is 70.7 Å². The zero-order valence-corrected chi connectivity index (χ0v) is 37.5. The van der Waals surface area contributed by atoms with E-state index in [0.717, 1.165) is 21.8 Å². The zero-order valence-electron chi connectivity index (χ0n) is 35.7. The molecule has 2 fully saturated rings. The lowest BCUT2D eigenvalue weighted by Gasteiger charge is -2.30. The van der Waals surface area contributed by atoms with Crippen LogP contribution in [0.4, 0.5) is 20.7 Å². The van der Waals surface area contributed by atoms with Gasteiger partial charge in [-0.2, -0.15) is 20.5 Å². The van der Waals surface area contributed by atoms with Crippen molar-refractivity contribution < 1.29 is 60.2 Å². The normalized spacial score (nSPS) is 24.8. The number of aliphatic hydroxyl groups excluding tert-OH is 1. The lowest BCUT2D eigenvalue weighted by Crippen LogP contribution is -2.36. The molecule has 0 aliphatic carbocycles. The van der Waals surface area contributed by atoms with Crippen molar-refractivity contribution in [1.29, 1.82) is 10.5 Å². The number of H-pyrrole nitrogens is 2. The van der Waals surface area contributed by atoms with Crippen LogP contribution in [0.15, 0.2) is 34.9 Å². The van der Waals surface area contributed by atoms with Crippen LogP contribution in [0.2, 0.25) is 0 Å². The van der Waals surface area contributed by atoms with Crippen molar-refractivity contribution in [3.8, 4) is 12.1 Å². The van der Waals surface area contributed by atoms with Crippen LogP contribution >= 0.6 is 15.2 Å². The first-order valence-corrected chi connectivity index (χ1v) is 23.5. The molecular formula is C37H46F2N12O13P2. The molecule has 4 aromatic heterocycles. The van der Waals surface area contributed by atoms with Crippen molar-refractivity contribution >= 4 is 61.2 Å². The van der Waals surface area contributed by atoms with Gasteiger partial charge in [0.1, 0.15) is 23.5 Å². The molecule has 356 valence electrons. The van der Waals surface area contributed by atoms with Gasteiger partial charge in [0, 0.05) is 11.8 Å². The third-order valence-electron chi connectivity index (χ3n) is 10.2. The minimum absolute atomic E-state index is 0.282. The van der Waals surface area contributed by atoms with E-state index in [4.69, 9.17) is 27.6 Å². The number of alkyl halides is 2. The topological polar surface area (TPSA) is 343 Å².